The largest absolute Gasteiger partial charge is 0.477 e. The molecule has 13 nitrogen and oxygen atoms in total. The van der Waals surface area contributed by atoms with Crippen molar-refractivity contribution in [2.75, 3.05) is 25.0 Å². The highest BCUT2D eigenvalue weighted by Gasteiger charge is 2.62. The van der Waals surface area contributed by atoms with E-state index in [-0.39, 0.29) is 70.9 Å². The molecule has 290 valence electrons. The fraction of sp³-hybridized carbons (Fsp3) is 0.571. The summed E-state index contributed by atoms with van der Waals surface area (Å²) in [5.41, 5.74) is -2.13. The van der Waals surface area contributed by atoms with E-state index in [1.54, 1.807) is 17.9 Å². The number of anilines is 1. The van der Waals surface area contributed by atoms with E-state index >= 15 is 0 Å². The zero-order valence-corrected chi connectivity index (χ0v) is 32.1. The van der Waals surface area contributed by atoms with Crippen LogP contribution in [0.25, 0.3) is 5.82 Å². The number of pyridine rings is 2. The lowest BCUT2D eigenvalue weighted by Gasteiger charge is -2.33. The molecule has 2 N–H and O–H groups in total. The van der Waals surface area contributed by atoms with Crippen LogP contribution in [0.3, 0.4) is 0 Å². The van der Waals surface area contributed by atoms with Gasteiger partial charge in [-0.3, -0.25) is 4.79 Å². The third-order valence-corrected chi connectivity index (χ3v) is 10.9. The Kier molecular flexibility index (Phi) is 11.3. The fourth-order valence-electron chi connectivity index (χ4n) is 6.30. The third-order valence-electron chi connectivity index (χ3n) is 9.39. The molecule has 18 heteroatoms. The number of halogens is 4. The van der Waals surface area contributed by atoms with Crippen LogP contribution < -0.4 is 14.8 Å². The fourth-order valence-corrected chi connectivity index (χ4v) is 7.45. The summed E-state index contributed by atoms with van der Waals surface area (Å²) in [6.07, 6.45) is -0.745. The first kappa shape index (κ1) is 40.1. The van der Waals surface area contributed by atoms with E-state index in [0.29, 0.717) is 24.5 Å². The van der Waals surface area contributed by atoms with Crippen molar-refractivity contribution in [1.82, 2.24) is 29.4 Å². The van der Waals surface area contributed by atoms with Gasteiger partial charge in [0, 0.05) is 30.9 Å². The molecule has 2 amide bonds. The number of aryl methyl sites for hydroxylation is 1. The molecule has 1 aliphatic carbocycles. The Hall–Kier alpha value is -4.12. The lowest BCUT2D eigenvalue weighted by molar-refractivity contribution is -0.190. The SMILES string of the molecule is Cc1ccc(S(=O)(=O)NC(=O)c2ccc(-n3ccc(OCCC4(C(F)(F)F)CC4)n3)nc2Cl)nc1NCCCC1CN(C(=O)OC(C)(C)C)C(C)(C)C1. The van der Waals surface area contributed by atoms with E-state index in [0.717, 1.165) is 19.3 Å². The molecule has 4 heterocycles. The second-order valence-electron chi connectivity index (χ2n) is 15.3. The van der Waals surface area contributed by atoms with E-state index < -0.39 is 33.1 Å². The van der Waals surface area contributed by atoms with Crippen molar-refractivity contribution in [3.63, 3.8) is 0 Å². The molecular weight excluding hydrogens is 739 g/mol. The van der Waals surface area contributed by atoms with Gasteiger partial charge in [-0.2, -0.15) is 21.6 Å². The average molecular weight is 784 g/mol. The number of nitrogens with one attached hydrogen (secondary N) is 2. The van der Waals surface area contributed by atoms with Gasteiger partial charge in [0.15, 0.2) is 10.8 Å². The van der Waals surface area contributed by atoms with Gasteiger partial charge in [0.1, 0.15) is 16.6 Å². The second-order valence-corrected chi connectivity index (χ2v) is 17.3. The van der Waals surface area contributed by atoms with Gasteiger partial charge in [-0.1, -0.05) is 17.7 Å². The first-order valence-corrected chi connectivity index (χ1v) is 19.2. The van der Waals surface area contributed by atoms with Crippen molar-refractivity contribution in [2.24, 2.45) is 11.3 Å². The van der Waals surface area contributed by atoms with Gasteiger partial charge in [0.05, 0.1) is 17.6 Å². The minimum atomic E-state index is -4.42. The number of nitrogens with zero attached hydrogens (tertiary/aromatic N) is 5. The molecule has 0 radical (unpaired) electrons. The number of carbonyl (C=O) groups excluding carboxylic acids is 2. The van der Waals surface area contributed by atoms with Crippen molar-refractivity contribution in [1.29, 1.82) is 0 Å². The Morgan fingerprint density at radius 1 is 1.08 bits per heavy atom. The molecule has 0 spiro atoms. The third kappa shape index (κ3) is 9.71. The van der Waals surface area contributed by atoms with Gasteiger partial charge in [-0.05, 0) is 110 Å². The Balaban J connectivity index is 1.14. The minimum absolute atomic E-state index is 0.0813. The highest BCUT2D eigenvalue weighted by atomic mass is 35.5. The molecule has 2 fully saturated rings. The number of alkyl halides is 3. The van der Waals surface area contributed by atoms with Crippen LogP contribution in [0.2, 0.25) is 5.15 Å². The van der Waals surface area contributed by atoms with E-state index in [9.17, 15) is 31.2 Å². The van der Waals surface area contributed by atoms with Crippen LogP contribution in [0, 0.1) is 18.3 Å². The van der Waals surface area contributed by atoms with E-state index in [1.807, 2.05) is 39.3 Å². The number of likely N-dealkylation sites (tertiary alicyclic amines) is 1. The smallest absolute Gasteiger partial charge is 0.410 e. The predicted octanol–water partition coefficient (Wildman–Crippen LogP) is 7.08. The lowest BCUT2D eigenvalue weighted by atomic mass is 9.93. The van der Waals surface area contributed by atoms with Gasteiger partial charge in [-0.15, -0.1) is 5.10 Å². The molecule has 1 saturated carbocycles. The monoisotopic (exact) mass is 783 g/mol. The Morgan fingerprint density at radius 2 is 1.79 bits per heavy atom. The molecular formula is C35H45ClF3N7O6S. The quantitative estimate of drug-likeness (QED) is 0.136. The molecule has 1 unspecified atom stereocenters. The van der Waals surface area contributed by atoms with Crippen LogP contribution in [0.15, 0.2) is 41.6 Å². The van der Waals surface area contributed by atoms with Crippen LogP contribution >= 0.6 is 11.6 Å². The van der Waals surface area contributed by atoms with Crippen molar-refractivity contribution in [3.05, 3.63) is 52.8 Å². The lowest BCUT2D eigenvalue weighted by Crippen LogP contribution is -2.45. The van der Waals surface area contributed by atoms with Crippen LogP contribution in [0.4, 0.5) is 23.8 Å². The molecule has 53 heavy (non-hydrogen) atoms. The summed E-state index contributed by atoms with van der Waals surface area (Å²) in [5, 5.41) is 6.65. The molecule has 1 aliphatic heterocycles. The molecule has 3 aromatic rings. The number of carbonyl (C=O) groups is 2. The maximum Gasteiger partial charge on any atom is 0.410 e. The molecule has 2 aliphatic rings. The van der Waals surface area contributed by atoms with Crippen LogP contribution in [-0.2, 0) is 14.8 Å². The summed E-state index contributed by atoms with van der Waals surface area (Å²) in [6, 6.07) is 6.96. The molecule has 0 bridgehead atoms. The zero-order valence-electron chi connectivity index (χ0n) is 30.5. The summed E-state index contributed by atoms with van der Waals surface area (Å²) in [4.78, 5) is 36.0. The van der Waals surface area contributed by atoms with Crippen LogP contribution in [0.1, 0.15) is 89.1 Å². The standard InChI is InChI=1S/C35H45ClF3N7O6S/c1-22-9-12-27(42-29(22)40-17-7-8-23-20-33(5,6)45(21-23)31(48)52-32(2,3)4)53(49,50)44-30(47)24-10-11-25(41-28(24)36)46-18-13-26(43-46)51-19-16-34(14-15-34)35(37,38)39/h9-13,18,23H,7-8,14-17,19-21H2,1-6H3,(H,40,42)(H,44,47). The topological polar surface area (TPSA) is 158 Å². The van der Waals surface area contributed by atoms with Gasteiger partial charge in [-0.25, -0.2) is 24.2 Å². The van der Waals surface area contributed by atoms with Crippen molar-refractivity contribution in [3.8, 4) is 11.7 Å². The van der Waals surface area contributed by atoms with Gasteiger partial charge < -0.3 is 19.7 Å². The number of hydrogen-bond acceptors (Lipinski definition) is 10. The zero-order chi connectivity index (χ0) is 39.0. The molecule has 3 aromatic heterocycles. The number of aromatic nitrogens is 4. The summed E-state index contributed by atoms with van der Waals surface area (Å²) >= 11 is 6.27. The van der Waals surface area contributed by atoms with E-state index in [4.69, 9.17) is 21.1 Å². The molecule has 0 aromatic carbocycles. The maximum atomic E-state index is 13.2. The first-order chi connectivity index (χ1) is 24.6. The number of hydrogen-bond donors (Lipinski definition) is 2. The summed E-state index contributed by atoms with van der Waals surface area (Å²) in [7, 11) is -4.42. The van der Waals surface area contributed by atoms with E-state index in [1.165, 1.54) is 35.1 Å². The summed E-state index contributed by atoms with van der Waals surface area (Å²) in [6.45, 7) is 12.3. The average Bonchev–Trinajstić information content (AvgIpc) is 3.58. The number of amides is 2. The Morgan fingerprint density at radius 3 is 2.43 bits per heavy atom. The summed E-state index contributed by atoms with van der Waals surface area (Å²) < 4.78 is 80.2. The minimum Gasteiger partial charge on any atom is -0.477 e. The molecule has 1 saturated heterocycles. The Labute approximate surface area is 312 Å². The van der Waals surface area contributed by atoms with Gasteiger partial charge in [0.25, 0.3) is 15.9 Å². The second kappa shape index (κ2) is 15.0. The van der Waals surface area contributed by atoms with E-state index in [2.05, 4.69) is 20.4 Å². The van der Waals surface area contributed by atoms with Gasteiger partial charge >= 0.3 is 12.3 Å². The van der Waals surface area contributed by atoms with Crippen molar-refractivity contribution < 1.29 is 40.7 Å². The summed E-state index contributed by atoms with van der Waals surface area (Å²) in [5.74, 6) is -0.171. The molecule has 5 rings (SSSR count). The van der Waals surface area contributed by atoms with Crippen molar-refractivity contribution >= 4 is 39.4 Å². The van der Waals surface area contributed by atoms with Crippen LogP contribution in [-0.4, -0.2) is 82.1 Å². The molecule has 1 atom stereocenters. The first-order valence-electron chi connectivity index (χ1n) is 17.3. The predicted molar refractivity (Wildman–Crippen MR) is 191 cm³/mol. The highest BCUT2D eigenvalue weighted by Crippen LogP contribution is 2.59. The number of rotatable bonds is 13. The maximum absolute atomic E-state index is 13.2. The highest BCUT2D eigenvalue weighted by molar-refractivity contribution is 7.90. The number of sulfonamides is 1. The normalized spacial score (nSPS) is 18.1. The van der Waals surface area contributed by atoms with Crippen molar-refractivity contribution in [2.45, 2.75) is 102 Å². The number of ether oxygens (including phenoxy) is 2. The Bertz CT molecular complexity index is 1940. The van der Waals surface area contributed by atoms with Gasteiger partial charge in [0.2, 0.25) is 5.88 Å². The van der Waals surface area contributed by atoms with Crippen LogP contribution in [0.5, 0.6) is 5.88 Å².